The van der Waals surface area contributed by atoms with Crippen molar-refractivity contribution >= 4 is 5.78 Å². The lowest BCUT2D eigenvalue weighted by molar-refractivity contribution is 0.103. The second kappa shape index (κ2) is 3.93. The summed E-state index contributed by atoms with van der Waals surface area (Å²) >= 11 is 0. The largest absolute Gasteiger partial charge is 0.287 e. The third-order valence-corrected chi connectivity index (χ3v) is 2.58. The van der Waals surface area contributed by atoms with E-state index in [0.717, 1.165) is 16.7 Å². The van der Waals surface area contributed by atoms with Crippen LogP contribution in [0.25, 0.3) is 0 Å². The highest BCUT2D eigenvalue weighted by Gasteiger charge is 2.14. The number of ketones is 1. The van der Waals surface area contributed by atoms with Crippen LogP contribution in [0.2, 0.25) is 0 Å². The Morgan fingerprint density at radius 1 is 1.25 bits per heavy atom. The average molecular weight is 214 g/mol. The number of benzene rings is 1. The Balaban J connectivity index is 2.45. The van der Waals surface area contributed by atoms with E-state index in [-0.39, 0.29) is 5.78 Å². The molecule has 2 rings (SSSR count). The quantitative estimate of drug-likeness (QED) is 0.719. The molecule has 0 radical (unpaired) electrons. The number of nitrogens with zero attached hydrogens (tertiary/aromatic N) is 2. The molecule has 0 spiro atoms. The van der Waals surface area contributed by atoms with Crippen molar-refractivity contribution in [2.75, 3.05) is 0 Å². The van der Waals surface area contributed by atoms with E-state index >= 15 is 0 Å². The standard InChI is InChI=1S/C13H14N2O/c1-9-4-5-10(2)11(8-9)13(16)12-6-7-15(3)14-12/h4-8H,1-3H3. The van der Waals surface area contributed by atoms with Crippen LogP contribution < -0.4 is 0 Å². The second-order valence-electron chi connectivity index (χ2n) is 4.02. The maximum absolute atomic E-state index is 12.2. The number of aryl methyl sites for hydroxylation is 3. The first-order valence-corrected chi connectivity index (χ1v) is 5.19. The summed E-state index contributed by atoms with van der Waals surface area (Å²) in [4.78, 5) is 12.2. The number of carbonyl (C=O) groups excluding carboxylic acids is 1. The summed E-state index contributed by atoms with van der Waals surface area (Å²) in [5.74, 6) is -0.0122. The summed E-state index contributed by atoms with van der Waals surface area (Å²) in [7, 11) is 1.81. The predicted molar refractivity (Wildman–Crippen MR) is 62.6 cm³/mol. The number of rotatable bonds is 2. The molecule has 3 nitrogen and oxygen atoms in total. The van der Waals surface area contributed by atoms with E-state index in [1.54, 1.807) is 24.0 Å². The van der Waals surface area contributed by atoms with Crippen LogP contribution in [-0.4, -0.2) is 15.6 Å². The average Bonchev–Trinajstić information content (AvgIpc) is 2.67. The zero-order valence-electron chi connectivity index (χ0n) is 9.69. The van der Waals surface area contributed by atoms with Crippen molar-refractivity contribution in [3.63, 3.8) is 0 Å². The first-order valence-electron chi connectivity index (χ1n) is 5.19. The Hall–Kier alpha value is -1.90. The van der Waals surface area contributed by atoms with Crippen molar-refractivity contribution in [2.24, 2.45) is 7.05 Å². The zero-order valence-corrected chi connectivity index (χ0v) is 9.69. The highest BCUT2D eigenvalue weighted by molar-refractivity contribution is 6.08. The number of hydrogen-bond donors (Lipinski definition) is 0. The zero-order chi connectivity index (χ0) is 11.7. The summed E-state index contributed by atoms with van der Waals surface area (Å²) in [6.45, 7) is 3.92. The van der Waals surface area contributed by atoms with E-state index < -0.39 is 0 Å². The summed E-state index contributed by atoms with van der Waals surface area (Å²) in [5.41, 5.74) is 3.31. The molecule has 0 aliphatic carbocycles. The van der Waals surface area contributed by atoms with Crippen molar-refractivity contribution in [3.05, 3.63) is 52.8 Å². The highest BCUT2D eigenvalue weighted by atomic mass is 16.1. The van der Waals surface area contributed by atoms with Gasteiger partial charge in [-0.25, -0.2) is 0 Å². The van der Waals surface area contributed by atoms with Crippen LogP contribution in [-0.2, 0) is 7.05 Å². The summed E-state index contributed by atoms with van der Waals surface area (Å²) in [6.07, 6.45) is 1.78. The first-order chi connectivity index (χ1) is 7.58. The van der Waals surface area contributed by atoms with Crippen molar-refractivity contribution in [3.8, 4) is 0 Å². The van der Waals surface area contributed by atoms with Crippen molar-refractivity contribution in [1.29, 1.82) is 0 Å². The molecule has 0 amide bonds. The first kappa shape index (κ1) is 10.6. The topological polar surface area (TPSA) is 34.9 Å². The van der Waals surface area contributed by atoms with Gasteiger partial charge in [0.2, 0.25) is 5.78 Å². The molecule has 0 fully saturated rings. The van der Waals surface area contributed by atoms with Gasteiger partial charge >= 0.3 is 0 Å². The lowest BCUT2D eigenvalue weighted by atomic mass is 10.0. The van der Waals surface area contributed by atoms with Crippen molar-refractivity contribution < 1.29 is 4.79 Å². The Labute approximate surface area is 94.7 Å². The van der Waals surface area contributed by atoms with Gasteiger partial charge in [-0.1, -0.05) is 17.7 Å². The molecule has 0 aliphatic rings. The van der Waals surface area contributed by atoms with Gasteiger partial charge in [-0.15, -0.1) is 0 Å². The smallest absolute Gasteiger partial charge is 0.213 e. The summed E-state index contributed by atoms with van der Waals surface area (Å²) in [5, 5.41) is 4.12. The molecule has 0 aliphatic heterocycles. The maximum atomic E-state index is 12.2. The Kier molecular flexibility index (Phi) is 2.60. The van der Waals surface area contributed by atoms with Crippen LogP contribution in [0.4, 0.5) is 0 Å². The van der Waals surface area contributed by atoms with E-state index in [1.165, 1.54) is 0 Å². The molecule has 1 aromatic heterocycles. The van der Waals surface area contributed by atoms with E-state index in [4.69, 9.17) is 0 Å². The molecule has 0 bridgehead atoms. The van der Waals surface area contributed by atoms with Gasteiger partial charge in [-0.3, -0.25) is 9.48 Å². The number of hydrogen-bond acceptors (Lipinski definition) is 2. The molecule has 0 unspecified atom stereocenters. The van der Waals surface area contributed by atoms with Crippen LogP contribution >= 0.6 is 0 Å². The molecule has 0 N–H and O–H groups in total. The van der Waals surface area contributed by atoms with Crippen LogP contribution in [0.1, 0.15) is 27.2 Å². The van der Waals surface area contributed by atoms with Gasteiger partial charge in [-0.05, 0) is 31.5 Å². The molecule has 16 heavy (non-hydrogen) atoms. The molecular weight excluding hydrogens is 200 g/mol. The van der Waals surface area contributed by atoms with Gasteiger partial charge in [0.1, 0.15) is 5.69 Å². The molecule has 1 heterocycles. The minimum absolute atomic E-state index is 0.0122. The van der Waals surface area contributed by atoms with Gasteiger partial charge < -0.3 is 0 Å². The van der Waals surface area contributed by atoms with Gasteiger partial charge in [0.15, 0.2) is 0 Å². The van der Waals surface area contributed by atoms with E-state index in [1.807, 2.05) is 32.0 Å². The molecule has 0 saturated heterocycles. The number of carbonyl (C=O) groups is 1. The summed E-state index contributed by atoms with van der Waals surface area (Å²) < 4.78 is 1.64. The Morgan fingerprint density at radius 2 is 2.00 bits per heavy atom. The lowest BCUT2D eigenvalue weighted by Crippen LogP contribution is -2.05. The second-order valence-corrected chi connectivity index (χ2v) is 4.02. The van der Waals surface area contributed by atoms with Crippen LogP contribution in [0, 0.1) is 13.8 Å². The van der Waals surface area contributed by atoms with Crippen LogP contribution in [0.15, 0.2) is 30.5 Å². The minimum Gasteiger partial charge on any atom is -0.287 e. The van der Waals surface area contributed by atoms with Gasteiger partial charge in [-0.2, -0.15) is 5.10 Å². The normalized spacial score (nSPS) is 10.4. The van der Waals surface area contributed by atoms with Crippen LogP contribution in [0.3, 0.4) is 0 Å². The van der Waals surface area contributed by atoms with Gasteiger partial charge in [0.05, 0.1) is 0 Å². The highest BCUT2D eigenvalue weighted by Crippen LogP contribution is 2.14. The van der Waals surface area contributed by atoms with Gasteiger partial charge in [0.25, 0.3) is 0 Å². The maximum Gasteiger partial charge on any atom is 0.213 e. The van der Waals surface area contributed by atoms with Gasteiger partial charge in [0, 0.05) is 18.8 Å². The fraction of sp³-hybridized carbons (Fsp3) is 0.231. The molecular formula is C13H14N2O. The van der Waals surface area contributed by atoms with Crippen molar-refractivity contribution in [2.45, 2.75) is 13.8 Å². The molecule has 82 valence electrons. The monoisotopic (exact) mass is 214 g/mol. The SMILES string of the molecule is Cc1ccc(C)c(C(=O)c2ccn(C)n2)c1. The minimum atomic E-state index is -0.0122. The third kappa shape index (κ3) is 1.89. The van der Waals surface area contributed by atoms with E-state index in [9.17, 15) is 4.79 Å². The van der Waals surface area contributed by atoms with Crippen molar-refractivity contribution in [1.82, 2.24) is 9.78 Å². The fourth-order valence-electron chi connectivity index (χ4n) is 1.65. The molecule has 3 heteroatoms. The Bertz CT molecular complexity index is 541. The molecule has 0 saturated carbocycles. The summed E-state index contributed by atoms with van der Waals surface area (Å²) in [6, 6.07) is 7.62. The molecule has 0 atom stereocenters. The Morgan fingerprint density at radius 3 is 2.62 bits per heavy atom. The van der Waals surface area contributed by atoms with Crippen LogP contribution in [0.5, 0.6) is 0 Å². The van der Waals surface area contributed by atoms with E-state index in [0.29, 0.717) is 5.69 Å². The fourth-order valence-corrected chi connectivity index (χ4v) is 1.65. The van der Waals surface area contributed by atoms with E-state index in [2.05, 4.69) is 5.10 Å². The molecule has 2 aromatic rings. The number of aromatic nitrogens is 2. The molecule has 1 aromatic carbocycles. The third-order valence-electron chi connectivity index (χ3n) is 2.58. The predicted octanol–water partition coefficient (Wildman–Crippen LogP) is 2.27. The lowest BCUT2D eigenvalue weighted by Gasteiger charge is -2.03.